The van der Waals surface area contributed by atoms with Crippen LogP contribution in [0, 0.1) is 11.7 Å². The van der Waals surface area contributed by atoms with Crippen LogP contribution >= 0.6 is 0 Å². The number of carbonyl (C=O) groups is 2. The Balaban J connectivity index is 1.21. The van der Waals surface area contributed by atoms with Crippen molar-refractivity contribution in [3.8, 4) is 0 Å². The maximum absolute atomic E-state index is 12.9. The van der Waals surface area contributed by atoms with Gasteiger partial charge >= 0.3 is 0 Å². The largest absolute Gasteiger partial charge is 0.352 e. The molecule has 1 heterocycles. The summed E-state index contributed by atoms with van der Waals surface area (Å²) in [5.74, 6) is -1.04. The van der Waals surface area contributed by atoms with E-state index in [1.165, 1.54) is 0 Å². The Labute approximate surface area is 191 Å². The molecular formula is C22H25FN4O5S. The van der Waals surface area contributed by atoms with E-state index >= 15 is 0 Å². The van der Waals surface area contributed by atoms with Crippen molar-refractivity contribution < 1.29 is 27.2 Å². The van der Waals surface area contributed by atoms with Gasteiger partial charge in [-0.05, 0) is 67.5 Å². The molecule has 11 heteroatoms. The summed E-state index contributed by atoms with van der Waals surface area (Å²) in [6.07, 6.45) is 6.71. The van der Waals surface area contributed by atoms with E-state index in [2.05, 4.69) is 15.6 Å². The molecule has 0 radical (unpaired) electrons. The van der Waals surface area contributed by atoms with E-state index in [0.717, 1.165) is 55.5 Å². The smallest absolute Gasteiger partial charge is 0.262 e. The molecule has 0 spiro atoms. The second kappa shape index (κ2) is 9.54. The Morgan fingerprint density at radius 1 is 1.18 bits per heavy atom. The van der Waals surface area contributed by atoms with E-state index in [4.69, 9.17) is 4.84 Å². The molecule has 1 aromatic carbocycles. The molecule has 176 valence electrons. The lowest BCUT2D eigenvalue weighted by Gasteiger charge is -2.42. The molecule has 2 atom stereocenters. The van der Waals surface area contributed by atoms with Crippen molar-refractivity contribution in [2.45, 2.75) is 42.0 Å². The van der Waals surface area contributed by atoms with Crippen molar-refractivity contribution in [2.75, 3.05) is 13.2 Å². The molecule has 0 unspecified atom stereocenters. The topological polar surface area (TPSA) is 126 Å². The second-order valence-electron chi connectivity index (χ2n) is 8.46. The van der Waals surface area contributed by atoms with Crippen LogP contribution in [0.4, 0.5) is 4.39 Å². The molecule has 0 saturated heterocycles. The van der Waals surface area contributed by atoms with Crippen LogP contribution in [0.1, 0.15) is 37.2 Å². The first-order valence-corrected chi connectivity index (χ1v) is 12.1. The van der Waals surface area contributed by atoms with Crippen molar-refractivity contribution >= 4 is 21.8 Å². The third-order valence-electron chi connectivity index (χ3n) is 6.06. The minimum absolute atomic E-state index is 0.0268. The Morgan fingerprint density at radius 3 is 2.58 bits per heavy atom. The summed E-state index contributed by atoms with van der Waals surface area (Å²) in [5, 5.41) is 5.79. The third-order valence-corrected chi connectivity index (χ3v) is 7.29. The number of sulfonamides is 1. The summed E-state index contributed by atoms with van der Waals surface area (Å²) in [4.78, 5) is 35.4. The van der Waals surface area contributed by atoms with E-state index in [1.54, 1.807) is 12.4 Å². The van der Waals surface area contributed by atoms with Gasteiger partial charge in [0, 0.05) is 24.9 Å². The zero-order valence-electron chi connectivity index (χ0n) is 17.8. The average Bonchev–Trinajstić information content (AvgIpc) is 3.57. The molecule has 2 aromatic rings. The maximum atomic E-state index is 12.9. The molecular weight excluding hydrogens is 451 g/mol. The maximum Gasteiger partial charge on any atom is 0.262 e. The van der Waals surface area contributed by atoms with Crippen LogP contribution in [0.25, 0.3) is 0 Å². The van der Waals surface area contributed by atoms with Gasteiger partial charge in [-0.2, -0.15) is 0 Å². The predicted molar refractivity (Wildman–Crippen MR) is 115 cm³/mol. The number of nitrogens with one attached hydrogen (secondary N) is 3. The lowest BCUT2D eigenvalue weighted by molar-refractivity contribution is -0.129. The van der Waals surface area contributed by atoms with E-state index in [-0.39, 0.29) is 29.2 Å². The molecule has 3 N–H and O–H groups in total. The van der Waals surface area contributed by atoms with Gasteiger partial charge in [-0.3, -0.25) is 19.4 Å². The van der Waals surface area contributed by atoms with Gasteiger partial charge in [-0.25, -0.2) is 12.8 Å². The van der Waals surface area contributed by atoms with Crippen LogP contribution in [-0.4, -0.2) is 43.9 Å². The summed E-state index contributed by atoms with van der Waals surface area (Å²) < 4.78 is 37.1. The summed E-state index contributed by atoms with van der Waals surface area (Å²) in [5.41, 5.74) is 0.552. The highest BCUT2D eigenvalue weighted by molar-refractivity contribution is 7.89. The van der Waals surface area contributed by atoms with Crippen molar-refractivity contribution in [2.24, 2.45) is 5.92 Å². The standard InChI is InChI=1S/C22H25FN4O5S/c23-16-4-6-17(7-5-16)33(30,31)27-32-13-20(28)25-14-22(8-2-9-22)26-21(29)19-11-18(19)15-3-1-10-24-12-15/h1,3-7,10,12,18-19,27H,2,8-9,11,13-14H2,(H,25,28)(H,26,29)/t18-,19+/m0/s1. The SMILES string of the molecule is O=C(CONS(=O)(=O)c1ccc(F)cc1)NCC1(NC(=O)[C@@H]2C[C@H]2c2cccnc2)CCC1. The van der Waals surface area contributed by atoms with Crippen LogP contribution in [0.5, 0.6) is 0 Å². The molecule has 2 saturated carbocycles. The van der Waals surface area contributed by atoms with Crippen molar-refractivity contribution in [1.29, 1.82) is 0 Å². The number of hydrogen-bond acceptors (Lipinski definition) is 6. The van der Waals surface area contributed by atoms with E-state index in [0.29, 0.717) is 0 Å². The lowest BCUT2D eigenvalue weighted by Crippen LogP contribution is -2.60. The van der Waals surface area contributed by atoms with Gasteiger partial charge < -0.3 is 10.6 Å². The number of halogens is 1. The van der Waals surface area contributed by atoms with Gasteiger partial charge in [0.2, 0.25) is 11.8 Å². The first-order chi connectivity index (χ1) is 15.8. The summed E-state index contributed by atoms with van der Waals surface area (Å²) in [6.45, 7) is -0.313. The predicted octanol–water partition coefficient (Wildman–Crippen LogP) is 1.39. The Morgan fingerprint density at radius 2 is 1.94 bits per heavy atom. The van der Waals surface area contributed by atoms with Crippen molar-refractivity contribution in [3.63, 3.8) is 0 Å². The van der Waals surface area contributed by atoms with E-state index in [9.17, 15) is 22.4 Å². The van der Waals surface area contributed by atoms with Crippen LogP contribution < -0.4 is 15.5 Å². The summed E-state index contributed by atoms with van der Waals surface area (Å²) in [6, 6.07) is 8.01. The third kappa shape index (κ3) is 5.73. The van der Waals surface area contributed by atoms with Crippen LogP contribution in [0.15, 0.2) is 53.7 Å². The number of pyridine rings is 1. The lowest BCUT2D eigenvalue weighted by atomic mass is 9.76. The van der Waals surface area contributed by atoms with E-state index in [1.807, 2.05) is 17.0 Å². The van der Waals surface area contributed by atoms with Gasteiger partial charge in [0.05, 0.1) is 10.4 Å². The number of rotatable bonds is 10. The monoisotopic (exact) mass is 476 g/mol. The van der Waals surface area contributed by atoms with Crippen molar-refractivity contribution in [1.82, 2.24) is 20.5 Å². The molecule has 2 aliphatic carbocycles. The fraction of sp³-hybridized carbons (Fsp3) is 0.409. The molecule has 0 aliphatic heterocycles. The van der Waals surface area contributed by atoms with Gasteiger partial charge in [-0.1, -0.05) is 11.0 Å². The molecule has 1 aromatic heterocycles. The average molecular weight is 477 g/mol. The number of carbonyl (C=O) groups excluding carboxylic acids is 2. The van der Waals surface area contributed by atoms with Crippen molar-refractivity contribution in [3.05, 3.63) is 60.2 Å². The first-order valence-electron chi connectivity index (χ1n) is 10.7. The summed E-state index contributed by atoms with van der Waals surface area (Å²) in [7, 11) is -4.04. The number of amides is 2. The molecule has 2 amide bonds. The minimum Gasteiger partial charge on any atom is -0.352 e. The molecule has 9 nitrogen and oxygen atoms in total. The van der Waals surface area contributed by atoms with Crippen LogP contribution in [0.2, 0.25) is 0 Å². The van der Waals surface area contributed by atoms with E-state index < -0.39 is 33.9 Å². The normalized spacial score (nSPS) is 21.0. The van der Waals surface area contributed by atoms with Crippen LogP contribution in [-0.2, 0) is 24.4 Å². The highest BCUT2D eigenvalue weighted by atomic mass is 32.2. The zero-order chi connectivity index (χ0) is 23.5. The fourth-order valence-corrected chi connectivity index (χ4v) is 4.71. The first kappa shape index (κ1) is 23.3. The molecule has 2 fully saturated rings. The molecule has 4 rings (SSSR count). The van der Waals surface area contributed by atoms with Gasteiger partial charge in [0.25, 0.3) is 10.0 Å². The summed E-state index contributed by atoms with van der Waals surface area (Å²) >= 11 is 0. The highest BCUT2D eigenvalue weighted by Crippen LogP contribution is 2.48. The second-order valence-corrected chi connectivity index (χ2v) is 10.1. The number of aromatic nitrogens is 1. The highest BCUT2D eigenvalue weighted by Gasteiger charge is 2.47. The molecule has 2 aliphatic rings. The fourth-order valence-electron chi connectivity index (χ4n) is 3.91. The van der Waals surface area contributed by atoms with Crippen LogP contribution in [0.3, 0.4) is 0 Å². The van der Waals surface area contributed by atoms with Gasteiger partial charge in [0.1, 0.15) is 12.4 Å². The number of nitrogens with zero attached hydrogens (tertiary/aromatic N) is 1. The number of benzene rings is 1. The Kier molecular flexibility index (Phi) is 6.73. The Bertz CT molecular complexity index is 1110. The molecule has 33 heavy (non-hydrogen) atoms. The zero-order valence-corrected chi connectivity index (χ0v) is 18.6. The molecule has 0 bridgehead atoms. The minimum atomic E-state index is -4.04. The number of hydrogen-bond donors (Lipinski definition) is 3. The Hall–Kier alpha value is -2.89. The van der Waals surface area contributed by atoms with Gasteiger partial charge in [-0.15, -0.1) is 0 Å². The van der Waals surface area contributed by atoms with Gasteiger partial charge in [0.15, 0.2) is 0 Å². The quantitative estimate of drug-likeness (QED) is 0.445.